The minimum Gasteiger partial charge on any atom is -0.870 e. The second-order valence-corrected chi connectivity index (χ2v) is 5.39. The molecule has 3 atom stereocenters. The molecule has 0 aliphatic heterocycles. The molecule has 0 spiro atoms. The molecule has 3 unspecified atom stereocenters. The molecule has 0 saturated carbocycles. The molecule has 0 saturated heterocycles. The molecule has 0 heterocycles. The third-order valence-corrected chi connectivity index (χ3v) is 3.88. The van der Waals surface area contributed by atoms with Gasteiger partial charge in [0, 0.05) is 0 Å². The van der Waals surface area contributed by atoms with Crippen LogP contribution >= 0.6 is 0 Å². The van der Waals surface area contributed by atoms with Gasteiger partial charge in [-0.2, -0.15) is 0 Å². The van der Waals surface area contributed by atoms with Crippen molar-refractivity contribution in [2.45, 2.75) is 65.3 Å². The highest BCUT2D eigenvalue weighted by molar-refractivity contribution is 4.61. The largest absolute Gasteiger partial charge is 0.870 e. The maximum absolute atomic E-state index is 9.92. The van der Waals surface area contributed by atoms with Crippen LogP contribution in [0.2, 0.25) is 0 Å². The van der Waals surface area contributed by atoms with E-state index in [0.29, 0.717) is 43.4 Å². The van der Waals surface area contributed by atoms with Gasteiger partial charge in [0.05, 0.1) is 6.54 Å². The summed E-state index contributed by atoms with van der Waals surface area (Å²) in [7, 11) is 0. The third kappa shape index (κ3) is 7.84. The number of quaternary nitrogens is 1. The Morgan fingerprint density at radius 3 is 1.11 bits per heavy atom. The van der Waals surface area contributed by atoms with Crippen molar-refractivity contribution < 1.29 is 25.3 Å². The zero-order valence-electron chi connectivity index (χ0n) is 12.9. The van der Waals surface area contributed by atoms with E-state index in [4.69, 9.17) is 0 Å². The van der Waals surface area contributed by atoms with Crippen molar-refractivity contribution >= 4 is 0 Å². The molecular formula is C14H33NO4. The van der Waals surface area contributed by atoms with Crippen LogP contribution in [0, 0.1) is 0 Å². The van der Waals surface area contributed by atoms with Crippen molar-refractivity contribution in [3.63, 3.8) is 0 Å². The molecule has 5 heteroatoms. The summed E-state index contributed by atoms with van der Waals surface area (Å²) in [6.45, 7) is 10.6. The third-order valence-electron chi connectivity index (χ3n) is 3.88. The Labute approximate surface area is 117 Å². The second kappa shape index (κ2) is 10.6. The molecular weight excluding hydrogens is 246 g/mol. The fourth-order valence-electron chi connectivity index (χ4n) is 2.34. The first-order valence-corrected chi connectivity index (χ1v) is 7.32. The van der Waals surface area contributed by atoms with Crippen LogP contribution in [0.1, 0.15) is 47.0 Å². The summed E-state index contributed by atoms with van der Waals surface area (Å²) in [4.78, 5) is 0. The normalized spacial score (nSPS) is 19.1. The van der Waals surface area contributed by atoms with Gasteiger partial charge in [0.2, 0.25) is 0 Å². The zero-order valence-corrected chi connectivity index (χ0v) is 12.9. The highest BCUT2D eigenvalue weighted by Gasteiger charge is 2.32. The molecule has 5 nitrogen and oxygen atoms in total. The van der Waals surface area contributed by atoms with E-state index >= 15 is 0 Å². The van der Waals surface area contributed by atoms with Crippen LogP contribution < -0.4 is 0 Å². The van der Waals surface area contributed by atoms with E-state index in [-0.39, 0.29) is 23.8 Å². The predicted molar refractivity (Wildman–Crippen MR) is 76.2 cm³/mol. The van der Waals surface area contributed by atoms with Crippen LogP contribution in [-0.2, 0) is 0 Å². The van der Waals surface area contributed by atoms with Gasteiger partial charge in [0.15, 0.2) is 0 Å². The Morgan fingerprint density at radius 1 is 0.684 bits per heavy atom. The number of aliphatic hydroxyl groups is 3. The van der Waals surface area contributed by atoms with Gasteiger partial charge in [-0.3, -0.25) is 0 Å². The van der Waals surface area contributed by atoms with Crippen LogP contribution in [0.3, 0.4) is 0 Å². The van der Waals surface area contributed by atoms with Crippen LogP contribution in [0.5, 0.6) is 0 Å². The van der Waals surface area contributed by atoms with E-state index in [9.17, 15) is 15.3 Å². The van der Waals surface area contributed by atoms with Crippen LogP contribution in [-0.4, -0.2) is 69.8 Å². The molecule has 0 amide bonds. The van der Waals surface area contributed by atoms with Gasteiger partial charge in [0.1, 0.15) is 37.9 Å². The summed E-state index contributed by atoms with van der Waals surface area (Å²) in [5.41, 5.74) is 0. The zero-order chi connectivity index (χ0) is 14.2. The molecule has 0 rings (SSSR count). The lowest BCUT2D eigenvalue weighted by molar-refractivity contribution is -0.934. The first-order valence-electron chi connectivity index (χ1n) is 7.32. The molecule has 4 N–H and O–H groups in total. The molecule has 0 radical (unpaired) electrons. The number of aliphatic hydroxyl groups excluding tert-OH is 3. The summed E-state index contributed by atoms with van der Waals surface area (Å²) < 4.78 is 0.596. The lowest BCUT2D eigenvalue weighted by Gasteiger charge is -2.41. The molecule has 118 valence electrons. The topological polar surface area (TPSA) is 90.7 Å². The van der Waals surface area contributed by atoms with E-state index < -0.39 is 0 Å². The first kappa shape index (κ1) is 21.1. The van der Waals surface area contributed by atoms with Gasteiger partial charge in [0.25, 0.3) is 0 Å². The van der Waals surface area contributed by atoms with Gasteiger partial charge in [-0.05, 0) is 26.2 Å². The molecule has 0 aliphatic rings. The molecule has 0 aromatic heterocycles. The number of rotatable bonds is 10. The number of likely N-dealkylation sites (N-methyl/N-ethyl adjacent to an activating group) is 1. The van der Waals surface area contributed by atoms with Crippen molar-refractivity contribution in [2.75, 3.05) is 26.2 Å². The smallest absolute Gasteiger partial charge is 0.105 e. The van der Waals surface area contributed by atoms with Crippen LogP contribution in [0.4, 0.5) is 0 Å². The van der Waals surface area contributed by atoms with Crippen LogP contribution in [0.15, 0.2) is 0 Å². The van der Waals surface area contributed by atoms with E-state index in [1.165, 1.54) is 0 Å². The fraction of sp³-hybridized carbons (Fsp3) is 1.00. The van der Waals surface area contributed by atoms with Crippen molar-refractivity contribution in [2.24, 2.45) is 0 Å². The van der Waals surface area contributed by atoms with Gasteiger partial charge >= 0.3 is 0 Å². The maximum Gasteiger partial charge on any atom is 0.105 e. The van der Waals surface area contributed by atoms with Crippen molar-refractivity contribution in [1.29, 1.82) is 0 Å². The monoisotopic (exact) mass is 279 g/mol. The summed E-state index contributed by atoms with van der Waals surface area (Å²) in [5.74, 6) is 0. The quantitative estimate of drug-likeness (QED) is 0.519. The Morgan fingerprint density at radius 2 is 0.947 bits per heavy atom. The van der Waals surface area contributed by atoms with Crippen LogP contribution in [0.25, 0.3) is 0 Å². The average Bonchev–Trinajstić information content (AvgIpc) is 2.37. The molecule has 0 aromatic carbocycles. The van der Waals surface area contributed by atoms with Crippen molar-refractivity contribution in [3.8, 4) is 0 Å². The number of nitrogens with zero attached hydrogens (tertiary/aromatic N) is 1. The molecule has 0 aliphatic carbocycles. The summed E-state index contributed by atoms with van der Waals surface area (Å²) in [6, 6.07) is 0. The first-order chi connectivity index (χ1) is 8.42. The van der Waals surface area contributed by atoms with Gasteiger partial charge in [-0.1, -0.05) is 20.8 Å². The molecule has 0 fully saturated rings. The maximum atomic E-state index is 9.92. The lowest BCUT2D eigenvalue weighted by atomic mass is 10.1. The van der Waals surface area contributed by atoms with E-state index in [0.717, 1.165) is 6.54 Å². The summed E-state index contributed by atoms with van der Waals surface area (Å²) in [6.07, 6.45) is 1.05. The Balaban J connectivity index is 0. The molecule has 0 aromatic rings. The summed E-state index contributed by atoms with van der Waals surface area (Å²) >= 11 is 0. The van der Waals surface area contributed by atoms with Gasteiger partial charge in [-0.25, -0.2) is 0 Å². The number of hydrogen-bond donors (Lipinski definition) is 3. The number of hydrogen-bond acceptors (Lipinski definition) is 4. The summed E-state index contributed by atoms with van der Waals surface area (Å²) in [5, 5.41) is 29.8. The van der Waals surface area contributed by atoms with E-state index in [1.807, 2.05) is 20.8 Å². The second-order valence-electron chi connectivity index (χ2n) is 5.39. The standard InChI is InChI=1S/C14H32NO3.H2O/c1-5-12(16)9-15(8-4,10-13(17)6-2)11-14(18)7-3;/h12-14,16-18H,5-11H2,1-4H3;1H2/q+1;/p-1. The van der Waals surface area contributed by atoms with Crippen molar-refractivity contribution in [3.05, 3.63) is 0 Å². The lowest BCUT2D eigenvalue weighted by Crippen LogP contribution is -2.58. The fourth-order valence-corrected chi connectivity index (χ4v) is 2.34. The van der Waals surface area contributed by atoms with E-state index in [2.05, 4.69) is 6.92 Å². The Hall–Kier alpha value is -0.200. The van der Waals surface area contributed by atoms with Gasteiger partial charge in [-0.15, -0.1) is 0 Å². The minimum atomic E-state index is -0.363. The Bertz CT molecular complexity index is 182. The molecule has 19 heavy (non-hydrogen) atoms. The average molecular weight is 279 g/mol. The predicted octanol–water partition coefficient (Wildman–Crippen LogP) is 0.959. The van der Waals surface area contributed by atoms with Gasteiger partial charge < -0.3 is 25.3 Å². The highest BCUT2D eigenvalue weighted by Crippen LogP contribution is 2.15. The SMILES string of the molecule is CCC(O)C[N+](CC)(CC(O)CC)CC(O)CC.[OH-]. The van der Waals surface area contributed by atoms with E-state index in [1.54, 1.807) is 0 Å². The van der Waals surface area contributed by atoms with Crippen molar-refractivity contribution in [1.82, 2.24) is 0 Å². The molecule has 0 bridgehead atoms. The minimum absolute atomic E-state index is 0. The highest BCUT2D eigenvalue weighted by atomic mass is 16.3. The Kier molecular flexibility index (Phi) is 11.7.